The summed E-state index contributed by atoms with van der Waals surface area (Å²) in [5.41, 5.74) is -0.122. The summed E-state index contributed by atoms with van der Waals surface area (Å²) in [6.07, 6.45) is 0.431. The normalized spacial score (nSPS) is 21.0. The fraction of sp³-hybridized carbons (Fsp3) is 0.462. The minimum absolute atomic E-state index is 0.00778. The predicted molar refractivity (Wildman–Crippen MR) is 77.2 cm³/mol. The van der Waals surface area contributed by atoms with Crippen LogP contribution in [-0.2, 0) is 14.8 Å². The molecule has 1 unspecified atom stereocenters. The van der Waals surface area contributed by atoms with Crippen molar-refractivity contribution in [2.45, 2.75) is 24.3 Å². The Bertz CT molecular complexity index is 646. The van der Waals surface area contributed by atoms with Crippen LogP contribution in [0.2, 0.25) is 5.02 Å². The third-order valence-corrected chi connectivity index (χ3v) is 5.40. The van der Waals surface area contributed by atoms with Gasteiger partial charge in [-0.2, -0.15) is 4.31 Å². The number of ether oxygens (including phenoxy) is 1. The molecule has 0 bridgehead atoms. The van der Waals surface area contributed by atoms with Gasteiger partial charge in [0.05, 0.1) is 21.6 Å². The van der Waals surface area contributed by atoms with E-state index < -0.39 is 16.0 Å². The second-order valence-corrected chi connectivity index (χ2v) is 7.19. The van der Waals surface area contributed by atoms with Gasteiger partial charge >= 0.3 is 5.97 Å². The molecule has 8 heteroatoms. The van der Waals surface area contributed by atoms with Crippen LogP contribution in [0.25, 0.3) is 0 Å². The number of nitrogens with zero attached hydrogens (tertiary/aromatic N) is 1. The number of hydrogen-bond acceptors (Lipinski definition) is 4. The summed E-state index contributed by atoms with van der Waals surface area (Å²) in [6.45, 7) is 2.96. The van der Waals surface area contributed by atoms with Crippen molar-refractivity contribution in [3.8, 4) is 0 Å². The van der Waals surface area contributed by atoms with E-state index >= 15 is 0 Å². The summed E-state index contributed by atoms with van der Waals surface area (Å²) in [5.74, 6) is -1.19. The number of halogens is 1. The second-order valence-electron chi connectivity index (χ2n) is 4.84. The Morgan fingerprint density at radius 2 is 2.19 bits per heavy atom. The van der Waals surface area contributed by atoms with Gasteiger partial charge in [0, 0.05) is 19.7 Å². The number of carbonyl (C=O) groups is 1. The first-order valence-electron chi connectivity index (χ1n) is 6.47. The van der Waals surface area contributed by atoms with Gasteiger partial charge in [-0.3, -0.25) is 0 Å². The van der Waals surface area contributed by atoms with Crippen LogP contribution in [0.3, 0.4) is 0 Å². The average molecular weight is 334 g/mol. The van der Waals surface area contributed by atoms with Gasteiger partial charge in [0.2, 0.25) is 10.0 Å². The Balaban J connectivity index is 2.34. The second kappa shape index (κ2) is 6.31. The molecule has 0 aliphatic carbocycles. The highest BCUT2D eigenvalue weighted by atomic mass is 35.5. The van der Waals surface area contributed by atoms with Crippen LogP contribution in [0.5, 0.6) is 0 Å². The first-order valence-corrected chi connectivity index (χ1v) is 8.29. The number of hydrogen-bond donors (Lipinski definition) is 1. The minimum atomic E-state index is -3.71. The van der Waals surface area contributed by atoms with Gasteiger partial charge in [0.1, 0.15) is 0 Å². The molecule has 1 aromatic rings. The van der Waals surface area contributed by atoms with E-state index in [9.17, 15) is 13.2 Å². The molecule has 0 radical (unpaired) electrons. The van der Waals surface area contributed by atoms with Gasteiger partial charge in [-0.05, 0) is 31.5 Å². The molecule has 1 atom stereocenters. The maximum absolute atomic E-state index is 12.6. The van der Waals surface area contributed by atoms with Crippen LogP contribution in [-0.4, -0.2) is 49.6 Å². The zero-order valence-corrected chi connectivity index (χ0v) is 13.0. The summed E-state index contributed by atoms with van der Waals surface area (Å²) in [4.78, 5) is 10.9. The van der Waals surface area contributed by atoms with E-state index in [0.29, 0.717) is 19.6 Å². The molecule has 0 saturated carbocycles. The molecule has 1 N–H and O–H groups in total. The summed E-state index contributed by atoms with van der Waals surface area (Å²) in [6, 6.07) is 3.65. The molecule has 1 aliphatic rings. The molecule has 0 aromatic heterocycles. The Morgan fingerprint density at radius 1 is 1.48 bits per heavy atom. The molecule has 2 rings (SSSR count). The number of sulfonamides is 1. The van der Waals surface area contributed by atoms with Crippen LogP contribution < -0.4 is 0 Å². The van der Waals surface area contributed by atoms with E-state index in [1.165, 1.54) is 22.5 Å². The smallest absolute Gasteiger partial charge is 0.337 e. The van der Waals surface area contributed by atoms with Crippen molar-refractivity contribution in [2.75, 3.05) is 19.7 Å². The van der Waals surface area contributed by atoms with Gasteiger partial charge in [-0.25, -0.2) is 13.2 Å². The molecule has 116 valence electrons. The maximum Gasteiger partial charge on any atom is 0.337 e. The summed E-state index contributed by atoms with van der Waals surface area (Å²) in [5, 5.41) is 8.82. The van der Waals surface area contributed by atoms with E-state index in [-0.39, 0.29) is 28.1 Å². The molecule has 1 fully saturated rings. The summed E-state index contributed by atoms with van der Waals surface area (Å²) < 4.78 is 31.9. The van der Waals surface area contributed by atoms with Gasteiger partial charge < -0.3 is 9.84 Å². The fourth-order valence-corrected chi connectivity index (χ4v) is 4.06. The third-order valence-electron chi connectivity index (χ3n) is 3.22. The van der Waals surface area contributed by atoms with Crippen molar-refractivity contribution < 1.29 is 23.1 Å². The van der Waals surface area contributed by atoms with Crippen LogP contribution >= 0.6 is 11.6 Å². The van der Waals surface area contributed by atoms with Crippen LogP contribution in [0.4, 0.5) is 0 Å². The molecule has 1 saturated heterocycles. The highest BCUT2D eigenvalue weighted by molar-refractivity contribution is 7.89. The average Bonchev–Trinajstić information content (AvgIpc) is 2.63. The summed E-state index contributed by atoms with van der Waals surface area (Å²) >= 11 is 5.84. The summed E-state index contributed by atoms with van der Waals surface area (Å²) in [7, 11) is -3.71. The van der Waals surface area contributed by atoms with Crippen molar-refractivity contribution in [3.05, 3.63) is 28.8 Å². The number of carboxylic acids is 1. The largest absolute Gasteiger partial charge is 0.478 e. The van der Waals surface area contributed by atoms with Crippen molar-refractivity contribution in [2.24, 2.45) is 0 Å². The number of rotatable bonds is 3. The number of benzene rings is 1. The molecule has 0 spiro atoms. The van der Waals surface area contributed by atoms with E-state index in [0.717, 1.165) is 0 Å². The molecule has 6 nitrogen and oxygen atoms in total. The molecular formula is C13H16ClNO5S. The lowest BCUT2D eigenvalue weighted by Crippen LogP contribution is -2.35. The van der Waals surface area contributed by atoms with Gasteiger partial charge in [-0.15, -0.1) is 0 Å². The molecule has 0 amide bonds. The number of carboxylic acid groups (broad SMARTS) is 1. The Labute approximate surface area is 128 Å². The monoisotopic (exact) mass is 333 g/mol. The topological polar surface area (TPSA) is 83.9 Å². The molecule has 1 heterocycles. The number of aromatic carboxylic acids is 1. The predicted octanol–water partition coefficient (Wildman–Crippen LogP) is 1.84. The molecule has 21 heavy (non-hydrogen) atoms. The standard InChI is InChI=1S/C13H16ClNO5S/c1-9-8-15(5-2-6-20-9)21(18,19)10-3-4-11(13(16)17)12(14)7-10/h3-4,7,9H,2,5-6,8H2,1H3,(H,16,17). The quantitative estimate of drug-likeness (QED) is 0.912. The van der Waals surface area contributed by atoms with Crippen molar-refractivity contribution in [3.63, 3.8) is 0 Å². The van der Waals surface area contributed by atoms with Crippen LogP contribution in [0.15, 0.2) is 23.1 Å². The highest BCUT2D eigenvalue weighted by Gasteiger charge is 2.28. The SMILES string of the molecule is CC1CN(S(=O)(=O)c2ccc(C(=O)O)c(Cl)c2)CCCO1. The van der Waals surface area contributed by atoms with Crippen LogP contribution in [0, 0.1) is 0 Å². The van der Waals surface area contributed by atoms with Crippen molar-refractivity contribution >= 4 is 27.6 Å². The third kappa shape index (κ3) is 3.55. The Kier molecular flexibility index (Phi) is 4.88. The lowest BCUT2D eigenvalue weighted by atomic mass is 10.2. The lowest BCUT2D eigenvalue weighted by molar-refractivity contribution is 0.0697. The van der Waals surface area contributed by atoms with E-state index in [4.69, 9.17) is 21.4 Å². The zero-order valence-electron chi connectivity index (χ0n) is 11.5. The van der Waals surface area contributed by atoms with E-state index in [1.807, 2.05) is 6.92 Å². The molecular weight excluding hydrogens is 318 g/mol. The molecule has 1 aliphatic heterocycles. The van der Waals surface area contributed by atoms with Gasteiger partial charge in [0.25, 0.3) is 0 Å². The zero-order chi connectivity index (χ0) is 15.6. The van der Waals surface area contributed by atoms with Crippen molar-refractivity contribution in [1.29, 1.82) is 0 Å². The van der Waals surface area contributed by atoms with Gasteiger partial charge in [0.15, 0.2) is 0 Å². The molecule has 1 aromatic carbocycles. The first kappa shape index (κ1) is 16.2. The minimum Gasteiger partial charge on any atom is -0.478 e. The first-order chi connectivity index (χ1) is 9.82. The van der Waals surface area contributed by atoms with Crippen LogP contribution in [0.1, 0.15) is 23.7 Å². The Morgan fingerprint density at radius 3 is 2.81 bits per heavy atom. The fourth-order valence-electron chi connectivity index (χ4n) is 2.15. The lowest BCUT2D eigenvalue weighted by Gasteiger charge is -2.21. The van der Waals surface area contributed by atoms with E-state index in [2.05, 4.69) is 0 Å². The maximum atomic E-state index is 12.6. The van der Waals surface area contributed by atoms with Gasteiger partial charge in [-0.1, -0.05) is 11.6 Å². The van der Waals surface area contributed by atoms with E-state index in [1.54, 1.807) is 0 Å². The Hall–Kier alpha value is -1.15. The highest BCUT2D eigenvalue weighted by Crippen LogP contribution is 2.24. The van der Waals surface area contributed by atoms with Crippen molar-refractivity contribution in [1.82, 2.24) is 4.31 Å².